The number of nitro groups is 1. The molecule has 0 spiro atoms. The lowest BCUT2D eigenvalue weighted by molar-refractivity contribution is -0.385. The Hall–Kier alpha value is -1.71. The summed E-state index contributed by atoms with van der Waals surface area (Å²) in [6, 6.07) is 5.71. The third-order valence-electron chi connectivity index (χ3n) is 2.97. The highest BCUT2D eigenvalue weighted by atomic mass is 79.9. The summed E-state index contributed by atoms with van der Waals surface area (Å²) in [4.78, 5) is 9.81. The average Bonchev–Trinajstić information content (AvgIpc) is 2.44. The topological polar surface area (TPSA) is 89.3 Å². The van der Waals surface area contributed by atoms with Gasteiger partial charge in [0.1, 0.15) is 5.82 Å². The van der Waals surface area contributed by atoms with E-state index in [1.54, 1.807) is 0 Å². The van der Waals surface area contributed by atoms with Gasteiger partial charge in [0.05, 0.1) is 20.5 Å². The molecule has 0 aliphatic carbocycles. The summed E-state index contributed by atoms with van der Waals surface area (Å²) in [5, 5.41) is 10.9. The van der Waals surface area contributed by atoms with Crippen molar-refractivity contribution in [2.45, 2.75) is 11.8 Å². The predicted molar refractivity (Wildman–Crippen MR) is 87.8 cm³/mol. The van der Waals surface area contributed by atoms with Gasteiger partial charge in [-0.25, -0.2) is 12.8 Å². The fourth-order valence-corrected chi connectivity index (χ4v) is 3.49. The zero-order valence-electron chi connectivity index (χ0n) is 11.5. The van der Waals surface area contributed by atoms with E-state index in [-0.39, 0.29) is 16.3 Å². The molecule has 10 heteroatoms. The Morgan fingerprint density at radius 3 is 2.52 bits per heavy atom. The fraction of sp³-hybridized carbons (Fsp3) is 0.0769. The van der Waals surface area contributed by atoms with Crippen molar-refractivity contribution in [3.63, 3.8) is 0 Å². The fourth-order valence-electron chi connectivity index (χ4n) is 1.76. The summed E-state index contributed by atoms with van der Waals surface area (Å²) in [5.41, 5.74) is -0.577. The number of nitrogens with one attached hydrogen (secondary N) is 1. The average molecular weight is 424 g/mol. The summed E-state index contributed by atoms with van der Waals surface area (Å²) >= 11 is 8.90. The Labute approximate surface area is 144 Å². The van der Waals surface area contributed by atoms with E-state index in [0.29, 0.717) is 4.47 Å². The van der Waals surface area contributed by atoms with Crippen molar-refractivity contribution < 1.29 is 17.7 Å². The Kier molecular flexibility index (Phi) is 4.92. The van der Waals surface area contributed by atoms with Crippen molar-refractivity contribution in [1.29, 1.82) is 0 Å². The van der Waals surface area contributed by atoms with Gasteiger partial charge in [0.25, 0.3) is 15.7 Å². The minimum atomic E-state index is -4.24. The Balaban J connectivity index is 2.50. The van der Waals surface area contributed by atoms with Crippen LogP contribution in [0.25, 0.3) is 0 Å². The summed E-state index contributed by atoms with van der Waals surface area (Å²) in [7, 11) is -4.24. The van der Waals surface area contributed by atoms with Crippen molar-refractivity contribution in [3.8, 4) is 0 Å². The lowest BCUT2D eigenvalue weighted by Gasteiger charge is -2.10. The van der Waals surface area contributed by atoms with Crippen LogP contribution < -0.4 is 4.72 Å². The van der Waals surface area contributed by atoms with Crippen molar-refractivity contribution >= 4 is 48.9 Å². The van der Waals surface area contributed by atoms with Crippen molar-refractivity contribution in [2.75, 3.05) is 4.72 Å². The highest BCUT2D eigenvalue weighted by Gasteiger charge is 2.23. The van der Waals surface area contributed by atoms with E-state index in [1.807, 2.05) is 4.72 Å². The molecule has 23 heavy (non-hydrogen) atoms. The van der Waals surface area contributed by atoms with Gasteiger partial charge in [0.15, 0.2) is 0 Å². The molecule has 2 aromatic carbocycles. The van der Waals surface area contributed by atoms with Gasteiger partial charge in [0, 0.05) is 16.1 Å². The number of benzene rings is 2. The lowest BCUT2D eigenvalue weighted by atomic mass is 10.2. The van der Waals surface area contributed by atoms with Crippen LogP contribution in [-0.2, 0) is 10.0 Å². The molecule has 6 nitrogen and oxygen atoms in total. The van der Waals surface area contributed by atoms with Crippen molar-refractivity contribution in [2.24, 2.45) is 0 Å². The van der Waals surface area contributed by atoms with Gasteiger partial charge < -0.3 is 0 Å². The van der Waals surface area contributed by atoms with E-state index < -0.39 is 31.3 Å². The summed E-state index contributed by atoms with van der Waals surface area (Å²) in [6.07, 6.45) is 0. The van der Waals surface area contributed by atoms with Crippen LogP contribution >= 0.6 is 27.5 Å². The molecule has 0 atom stereocenters. The number of halogens is 3. The van der Waals surface area contributed by atoms with Gasteiger partial charge in [-0.1, -0.05) is 27.5 Å². The second-order valence-electron chi connectivity index (χ2n) is 4.54. The largest absolute Gasteiger partial charge is 0.277 e. The number of nitrogens with zero attached hydrogens (tertiary/aromatic N) is 1. The molecule has 0 aromatic heterocycles. The van der Waals surface area contributed by atoms with Crippen LogP contribution in [0.1, 0.15) is 5.56 Å². The SMILES string of the molecule is Cc1c(Cl)cc(S(=O)(=O)Nc2ccc(Br)cc2F)cc1[N+](=O)[O-]. The van der Waals surface area contributed by atoms with Crippen LogP contribution in [0, 0.1) is 22.9 Å². The van der Waals surface area contributed by atoms with Gasteiger partial charge in [-0.3, -0.25) is 14.8 Å². The third kappa shape index (κ3) is 3.80. The Morgan fingerprint density at radius 1 is 1.30 bits per heavy atom. The molecule has 0 saturated carbocycles. The zero-order chi connectivity index (χ0) is 17.4. The third-order valence-corrected chi connectivity index (χ3v) is 5.20. The first kappa shape index (κ1) is 17.6. The Morgan fingerprint density at radius 2 is 1.96 bits per heavy atom. The van der Waals surface area contributed by atoms with Gasteiger partial charge >= 0.3 is 0 Å². The molecule has 1 N–H and O–H groups in total. The first-order valence-corrected chi connectivity index (χ1v) is 8.69. The number of hydrogen-bond donors (Lipinski definition) is 1. The summed E-state index contributed by atoms with van der Waals surface area (Å²) in [5.74, 6) is -0.796. The number of anilines is 1. The zero-order valence-corrected chi connectivity index (χ0v) is 14.7. The maximum Gasteiger partial charge on any atom is 0.275 e. The second kappa shape index (κ2) is 6.42. The molecule has 0 fully saturated rings. The maximum atomic E-state index is 13.8. The molecule has 2 aromatic rings. The molecule has 0 heterocycles. The van der Waals surface area contributed by atoms with Crippen LogP contribution in [-0.4, -0.2) is 13.3 Å². The standard InChI is InChI=1S/C13H9BrClFN2O4S/c1-7-10(15)5-9(6-13(7)18(19)20)23(21,22)17-12-3-2-8(14)4-11(12)16/h2-6,17H,1H3. The second-order valence-corrected chi connectivity index (χ2v) is 7.54. The number of rotatable bonds is 4. The molecule has 0 aliphatic rings. The van der Waals surface area contributed by atoms with Crippen molar-refractivity contribution in [3.05, 3.63) is 61.3 Å². The lowest BCUT2D eigenvalue weighted by Crippen LogP contribution is -2.14. The monoisotopic (exact) mass is 422 g/mol. The molecule has 2 rings (SSSR count). The van der Waals surface area contributed by atoms with Gasteiger partial charge in [-0.05, 0) is 31.2 Å². The molecule has 0 unspecified atom stereocenters. The number of nitro benzene ring substituents is 1. The molecule has 0 radical (unpaired) electrons. The van der Waals surface area contributed by atoms with E-state index in [9.17, 15) is 22.9 Å². The quantitative estimate of drug-likeness (QED) is 0.588. The van der Waals surface area contributed by atoms with Crippen LogP contribution in [0.3, 0.4) is 0 Å². The predicted octanol–water partition coefficient (Wildman–Crippen LogP) is 4.26. The molecule has 0 amide bonds. The number of sulfonamides is 1. The highest BCUT2D eigenvalue weighted by molar-refractivity contribution is 9.10. The molecular formula is C13H9BrClFN2O4S. The van der Waals surface area contributed by atoms with Crippen LogP contribution in [0.15, 0.2) is 39.7 Å². The van der Waals surface area contributed by atoms with E-state index in [2.05, 4.69) is 15.9 Å². The maximum absolute atomic E-state index is 13.8. The van der Waals surface area contributed by atoms with Gasteiger partial charge in [-0.2, -0.15) is 0 Å². The Bertz CT molecular complexity index is 905. The van der Waals surface area contributed by atoms with E-state index >= 15 is 0 Å². The van der Waals surface area contributed by atoms with Crippen molar-refractivity contribution in [1.82, 2.24) is 0 Å². The van der Waals surface area contributed by atoms with Crippen LogP contribution in [0.4, 0.5) is 15.8 Å². The summed E-state index contributed by atoms with van der Waals surface area (Å²) < 4.78 is 40.8. The van der Waals surface area contributed by atoms with Crippen LogP contribution in [0.2, 0.25) is 5.02 Å². The first-order valence-electron chi connectivity index (χ1n) is 6.04. The minimum Gasteiger partial charge on any atom is -0.277 e. The van der Waals surface area contributed by atoms with E-state index in [0.717, 1.165) is 18.2 Å². The summed E-state index contributed by atoms with van der Waals surface area (Å²) in [6.45, 7) is 1.40. The molecule has 0 bridgehead atoms. The van der Waals surface area contributed by atoms with E-state index in [1.165, 1.54) is 19.1 Å². The normalized spacial score (nSPS) is 11.3. The molecule has 0 aliphatic heterocycles. The van der Waals surface area contributed by atoms with Gasteiger partial charge in [0.2, 0.25) is 0 Å². The molecule has 122 valence electrons. The minimum absolute atomic E-state index is 0.0733. The first-order chi connectivity index (χ1) is 10.6. The van der Waals surface area contributed by atoms with Gasteiger partial charge in [-0.15, -0.1) is 0 Å². The smallest absolute Gasteiger partial charge is 0.275 e. The molecular weight excluding hydrogens is 415 g/mol. The number of hydrogen-bond acceptors (Lipinski definition) is 4. The van der Waals surface area contributed by atoms with E-state index in [4.69, 9.17) is 11.6 Å². The molecule has 0 saturated heterocycles. The highest BCUT2D eigenvalue weighted by Crippen LogP contribution is 2.31. The van der Waals surface area contributed by atoms with Crippen LogP contribution in [0.5, 0.6) is 0 Å².